The van der Waals surface area contributed by atoms with E-state index in [2.05, 4.69) is 15.0 Å². The number of halogens is 2. The van der Waals surface area contributed by atoms with E-state index in [0.717, 1.165) is 18.5 Å². The van der Waals surface area contributed by atoms with Crippen molar-refractivity contribution in [2.45, 2.75) is 102 Å². The Balaban J connectivity index is 1.08. The number of benzene rings is 2. The van der Waals surface area contributed by atoms with Crippen molar-refractivity contribution in [3.05, 3.63) is 82.9 Å². The normalized spacial score (nSPS) is 20.8. The zero-order valence-electron chi connectivity index (χ0n) is 28.9. The summed E-state index contributed by atoms with van der Waals surface area (Å²) in [5, 5.41) is 9.85. The second-order valence-corrected chi connectivity index (χ2v) is 14.3. The molecule has 0 unspecified atom stereocenters. The zero-order valence-corrected chi connectivity index (χ0v) is 28.9. The third kappa shape index (κ3) is 8.30. The minimum atomic E-state index is -0.772. The number of hydrogen-bond donors (Lipinski definition) is 3. The fourth-order valence-electron chi connectivity index (χ4n) is 6.69. The SMILES string of the molecule is CC(C)(C)OC(=O)c1ccc(-c2nc(C3CCC(OC(=O)c4ccc(-c5nc(C6CCC(O)CC6)cnc5N)cc4F)CC3)cnc2N)cc1F. The van der Waals surface area contributed by atoms with Crippen molar-refractivity contribution in [1.29, 1.82) is 0 Å². The first-order valence-corrected chi connectivity index (χ1v) is 17.2. The largest absolute Gasteiger partial charge is 0.459 e. The van der Waals surface area contributed by atoms with Gasteiger partial charge >= 0.3 is 11.9 Å². The van der Waals surface area contributed by atoms with Crippen LogP contribution in [0.4, 0.5) is 20.4 Å². The van der Waals surface area contributed by atoms with E-state index in [9.17, 15) is 19.1 Å². The highest BCUT2D eigenvalue weighted by atomic mass is 19.1. The number of nitrogens with two attached hydrogens (primary N) is 2. The molecule has 2 aliphatic carbocycles. The monoisotopic (exact) mass is 700 g/mol. The lowest BCUT2D eigenvalue weighted by Gasteiger charge is -2.28. The van der Waals surface area contributed by atoms with Crippen LogP contribution in [0.3, 0.4) is 0 Å². The summed E-state index contributed by atoms with van der Waals surface area (Å²) in [5.74, 6) is -2.65. The Bertz CT molecular complexity index is 1930. The molecule has 2 saturated carbocycles. The molecule has 4 aromatic rings. The zero-order chi connectivity index (χ0) is 36.4. The van der Waals surface area contributed by atoms with E-state index in [-0.39, 0.29) is 40.7 Å². The van der Waals surface area contributed by atoms with Gasteiger partial charge in [-0.1, -0.05) is 12.1 Å². The summed E-state index contributed by atoms with van der Waals surface area (Å²) in [6.07, 6.45) is 7.72. The number of aromatic nitrogens is 4. The van der Waals surface area contributed by atoms with Crippen LogP contribution in [-0.4, -0.2) is 54.8 Å². The van der Waals surface area contributed by atoms with Crippen LogP contribution in [0.15, 0.2) is 48.8 Å². The Hall–Kier alpha value is -5.04. The Morgan fingerprint density at radius 1 is 0.725 bits per heavy atom. The van der Waals surface area contributed by atoms with Gasteiger partial charge in [0.2, 0.25) is 0 Å². The second kappa shape index (κ2) is 14.7. The maximum Gasteiger partial charge on any atom is 0.341 e. The summed E-state index contributed by atoms with van der Waals surface area (Å²) < 4.78 is 41.3. The van der Waals surface area contributed by atoms with Crippen molar-refractivity contribution in [2.75, 3.05) is 11.5 Å². The molecule has 0 aliphatic heterocycles. The molecule has 0 saturated heterocycles. The predicted molar refractivity (Wildman–Crippen MR) is 186 cm³/mol. The van der Waals surface area contributed by atoms with Gasteiger partial charge in [-0.25, -0.2) is 38.3 Å². The topological polar surface area (TPSA) is 176 Å². The number of carbonyl (C=O) groups is 2. The van der Waals surface area contributed by atoms with Crippen LogP contribution in [0.25, 0.3) is 22.5 Å². The van der Waals surface area contributed by atoms with Crippen molar-refractivity contribution >= 4 is 23.6 Å². The van der Waals surface area contributed by atoms with Gasteiger partial charge in [-0.2, -0.15) is 0 Å². The third-order valence-electron chi connectivity index (χ3n) is 9.44. The van der Waals surface area contributed by atoms with Gasteiger partial charge in [-0.15, -0.1) is 0 Å². The van der Waals surface area contributed by atoms with Gasteiger partial charge in [-0.05, 0) is 96.4 Å². The number of aliphatic hydroxyl groups is 1. The highest BCUT2D eigenvalue weighted by molar-refractivity contribution is 5.91. The molecular weight excluding hydrogens is 658 g/mol. The van der Waals surface area contributed by atoms with Gasteiger partial charge in [-0.3, -0.25) is 0 Å². The molecule has 2 aliphatic rings. The number of anilines is 2. The molecule has 0 bridgehead atoms. The van der Waals surface area contributed by atoms with E-state index in [1.54, 1.807) is 45.3 Å². The van der Waals surface area contributed by atoms with Gasteiger partial charge in [0, 0.05) is 23.0 Å². The molecule has 5 N–H and O–H groups in total. The van der Waals surface area contributed by atoms with Crippen LogP contribution in [0.1, 0.15) is 116 Å². The number of aliphatic hydroxyl groups excluding tert-OH is 1. The van der Waals surface area contributed by atoms with Crippen molar-refractivity contribution in [3.8, 4) is 22.5 Å². The minimum Gasteiger partial charge on any atom is -0.459 e. The van der Waals surface area contributed by atoms with Crippen LogP contribution in [0, 0.1) is 11.6 Å². The number of nitrogen functional groups attached to an aromatic ring is 2. The van der Waals surface area contributed by atoms with Crippen LogP contribution in [0.5, 0.6) is 0 Å². The molecule has 11 nitrogen and oxygen atoms in total. The number of rotatable bonds is 7. The molecule has 2 aromatic carbocycles. The smallest absolute Gasteiger partial charge is 0.341 e. The van der Waals surface area contributed by atoms with Crippen molar-refractivity contribution in [1.82, 2.24) is 19.9 Å². The fraction of sp³-hybridized carbons (Fsp3) is 0.421. The molecule has 0 amide bonds. The van der Waals surface area contributed by atoms with E-state index in [1.807, 2.05) is 0 Å². The van der Waals surface area contributed by atoms with E-state index >= 15 is 4.39 Å². The first kappa shape index (κ1) is 35.8. The summed E-state index contributed by atoms with van der Waals surface area (Å²) in [7, 11) is 0. The second-order valence-electron chi connectivity index (χ2n) is 14.3. The molecule has 0 spiro atoms. The first-order valence-electron chi connectivity index (χ1n) is 17.2. The Morgan fingerprint density at radius 3 is 1.63 bits per heavy atom. The number of esters is 2. The quantitative estimate of drug-likeness (QED) is 0.171. The highest BCUT2D eigenvalue weighted by Crippen LogP contribution is 2.37. The maximum absolute atomic E-state index is 15.3. The number of hydrogen-bond acceptors (Lipinski definition) is 11. The van der Waals surface area contributed by atoms with E-state index in [0.29, 0.717) is 66.7 Å². The number of nitrogens with zero attached hydrogens (tertiary/aromatic N) is 4. The lowest BCUT2D eigenvalue weighted by atomic mass is 9.85. The average molecular weight is 701 g/mol. The molecule has 2 fully saturated rings. The summed E-state index contributed by atoms with van der Waals surface area (Å²) in [5.41, 5.74) is 13.9. The molecule has 2 aromatic heterocycles. The maximum atomic E-state index is 15.3. The summed E-state index contributed by atoms with van der Waals surface area (Å²) in [6.45, 7) is 5.11. The van der Waals surface area contributed by atoms with Crippen LogP contribution >= 0.6 is 0 Å². The van der Waals surface area contributed by atoms with Gasteiger partial charge in [0.15, 0.2) is 0 Å². The molecular formula is C38H42F2N6O5. The van der Waals surface area contributed by atoms with Crippen molar-refractivity contribution < 1.29 is 33.0 Å². The number of carbonyl (C=O) groups excluding carboxylic acids is 2. The standard InChI is InChI=1S/C38H42F2N6O5/c1-38(2,3)51-37(49)27-15-9-23(17-29(27)40)33-35(42)44-19-31(46-33)21-6-12-25(13-7-21)50-36(48)26-14-8-22(16-28(26)39)32-34(41)43-18-30(45-32)20-4-10-24(47)11-5-20/h8-9,14-21,24-25,47H,4-7,10-13H2,1-3H3,(H2,41,43)(H2,42,44). The Morgan fingerprint density at radius 2 is 1.18 bits per heavy atom. The van der Waals surface area contributed by atoms with Gasteiger partial charge < -0.3 is 26.0 Å². The lowest BCUT2D eigenvalue weighted by Crippen LogP contribution is -2.25. The van der Waals surface area contributed by atoms with Gasteiger partial charge in [0.1, 0.15) is 46.4 Å². The fourth-order valence-corrected chi connectivity index (χ4v) is 6.69. The summed E-state index contributed by atoms with van der Waals surface area (Å²) >= 11 is 0. The van der Waals surface area contributed by atoms with Crippen molar-refractivity contribution in [2.24, 2.45) is 0 Å². The van der Waals surface area contributed by atoms with Gasteiger partial charge in [0.25, 0.3) is 0 Å². The molecule has 6 rings (SSSR count). The van der Waals surface area contributed by atoms with E-state index < -0.39 is 35.3 Å². The molecule has 268 valence electrons. The van der Waals surface area contributed by atoms with Gasteiger partial charge in [0.05, 0.1) is 41.0 Å². The molecule has 2 heterocycles. The highest BCUT2D eigenvalue weighted by Gasteiger charge is 2.29. The number of ether oxygens (including phenoxy) is 2. The predicted octanol–water partition coefficient (Wildman–Crippen LogP) is 6.90. The van der Waals surface area contributed by atoms with E-state index in [1.165, 1.54) is 24.3 Å². The van der Waals surface area contributed by atoms with Crippen LogP contribution in [-0.2, 0) is 9.47 Å². The molecule has 0 radical (unpaired) electrons. The summed E-state index contributed by atoms with van der Waals surface area (Å²) in [6, 6.07) is 8.26. The first-order chi connectivity index (χ1) is 24.3. The third-order valence-corrected chi connectivity index (χ3v) is 9.44. The van der Waals surface area contributed by atoms with Crippen molar-refractivity contribution in [3.63, 3.8) is 0 Å². The van der Waals surface area contributed by atoms with Crippen LogP contribution in [0.2, 0.25) is 0 Å². The molecule has 13 heteroatoms. The van der Waals surface area contributed by atoms with E-state index in [4.69, 9.17) is 25.9 Å². The Labute approximate surface area is 294 Å². The molecule has 51 heavy (non-hydrogen) atoms. The lowest BCUT2D eigenvalue weighted by molar-refractivity contribution is 0.00637. The summed E-state index contributed by atoms with van der Waals surface area (Å²) in [4.78, 5) is 43.4. The molecule has 0 atom stereocenters. The Kier molecular flexibility index (Phi) is 10.3. The average Bonchev–Trinajstić information content (AvgIpc) is 3.08. The van der Waals surface area contributed by atoms with Crippen LogP contribution < -0.4 is 11.5 Å². The minimum absolute atomic E-state index is 0.0188.